The van der Waals surface area contributed by atoms with E-state index in [-0.39, 0.29) is 23.1 Å². The molecule has 0 bridgehead atoms. The molecule has 0 aromatic heterocycles. The van der Waals surface area contributed by atoms with E-state index in [9.17, 15) is 4.39 Å². The number of hydrogen-bond donors (Lipinski definition) is 1. The molecule has 0 aliphatic heterocycles. The molecule has 2 aliphatic rings. The SMILES string of the molecule is CCNC1CC(Oc2c(F)cccc2Cl)C12CCCCC2. The lowest BCUT2D eigenvalue weighted by Crippen LogP contribution is -2.65. The van der Waals surface area contributed by atoms with E-state index in [1.54, 1.807) is 12.1 Å². The molecule has 2 fully saturated rings. The molecule has 2 unspecified atom stereocenters. The largest absolute Gasteiger partial charge is 0.485 e. The Morgan fingerprint density at radius 2 is 2.10 bits per heavy atom. The van der Waals surface area contributed by atoms with E-state index < -0.39 is 0 Å². The van der Waals surface area contributed by atoms with Gasteiger partial charge in [-0.05, 0) is 31.5 Å². The molecule has 1 aromatic carbocycles. The first-order chi connectivity index (χ1) is 10.2. The molecule has 1 N–H and O–H groups in total. The van der Waals surface area contributed by atoms with Crippen LogP contribution < -0.4 is 10.1 Å². The summed E-state index contributed by atoms with van der Waals surface area (Å²) in [6, 6.07) is 5.21. The minimum atomic E-state index is -0.361. The van der Waals surface area contributed by atoms with Crippen LogP contribution in [0.3, 0.4) is 0 Å². The van der Waals surface area contributed by atoms with E-state index >= 15 is 0 Å². The van der Waals surface area contributed by atoms with Crippen LogP contribution in [-0.2, 0) is 0 Å². The maximum atomic E-state index is 13.9. The van der Waals surface area contributed by atoms with Gasteiger partial charge in [0, 0.05) is 17.9 Å². The zero-order valence-corrected chi connectivity index (χ0v) is 13.3. The molecule has 1 aromatic rings. The molecule has 2 nitrogen and oxygen atoms in total. The van der Waals surface area contributed by atoms with Gasteiger partial charge in [-0.3, -0.25) is 0 Å². The summed E-state index contributed by atoms with van der Waals surface area (Å²) in [5, 5.41) is 3.95. The molecule has 1 spiro atoms. The fraction of sp³-hybridized carbons (Fsp3) is 0.647. The summed E-state index contributed by atoms with van der Waals surface area (Å²) in [4.78, 5) is 0. The molecule has 0 amide bonds. The highest BCUT2D eigenvalue weighted by Crippen LogP contribution is 2.53. The lowest BCUT2D eigenvalue weighted by Gasteiger charge is -2.57. The van der Waals surface area contributed by atoms with Crippen LogP contribution >= 0.6 is 11.6 Å². The molecule has 21 heavy (non-hydrogen) atoms. The van der Waals surface area contributed by atoms with Crippen molar-refractivity contribution in [1.82, 2.24) is 5.32 Å². The van der Waals surface area contributed by atoms with Crippen molar-refractivity contribution in [2.24, 2.45) is 5.41 Å². The fourth-order valence-corrected chi connectivity index (χ4v) is 4.27. The first-order valence-electron chi connectivity index (χ1n) is 8.01. The zero-order chi connectivity index (χ0) is 14.9. The normalized spacial score (nSPS) is 27.4. The minimum absolute atomic E-state index is 0.0799. The molecule has 116 valence electrons. The minimum Gasteiger partial charge on any atom is -0.485 e. The molecule has 3 rings (SSSR count). The van der Waals surface area contributed by atoms with Crippen molar-refractivity contribution in [2.75, 3.05) is 6.54 Å². The summed E-state index contributed by atoms with van der Waals surface area (Å²) in [6.07, 6.45) is 7.14. The van der Waals surface area contributed by atoms with Crippen molar-refractivity contribution < 1.29 is 9.13 Å². The molecule has 2 aliphatic carbocycles. The van der Waals surface area contributed by atoms with Crippen LogP contribution in [0.4, 0.5) is 4.39 Å². The number of benzene rings is 1. The van der Waals surface area contributed by atoms with Crippen molar-refractivity contribution >= 4 is 11.6 Å². The molecular formula is C17H23ClFNO. The van der Waals surface area contributed by atoms with Crippen LogP contribution in [0.15, 0.2) is 18.2 Å². The number of para-hydroxylation sites is 1. The monoisotopic (exact) mass is 311 g/mol. The number of nitrogens with one attached hydrogen (secondary N) is 1. The van der Waals surface area contributed by atoms with Crippen molar-refractivity contribution in [3.8, 4) is 5.75 Å². The van der Waals surface area contributed by atoms with E-state index in [4.69, 9.17) is 16.3 Å². The standard InChI is InChI=1S/C17H23ClFNO/c1-2-20-14-11-15(17(14)9-4-3-5-10-17)21-16-12(18)7-6-8-13(16)19/h6-8,14-15,20H,2-5,9-11H2,1H3. The van der Waals surface area contributed by atoms with Crippen molar-refractivity contribution in [2.45, 2.75) is 57.6 Å². The summed E-state index contributed by atoms with van der Waals surface area (Å²) in [5.41, 5.74) is 0.167. The average Bonchev–Trinajstić information content (AvgIpc) is 2.50. The predicted octanol–water partition coefficient (Wildman–Crippen LogP) is 4.56. The van der Waals surface area contributed by atoms with Gasteiger partial charge in [-0.1, -0.05) is 43.9 Å². The van der Waals surface area contributed by atoms with Gasteiger partial charge >= 0.3 is 0 Å². The molecule has 0 heterocycles. The molecule has 2 atom stereocenters. The molecule has 0 radical (unpaired) electrons. The van der Waals surface area contributed by atoms with Crippen LogP contribution in [0, 0.1) is 11.2 Å². The second-order valence-electron chi connectivity index (χ2n) is 6.30. The molecule has 2 saturated carbocycles. The van der Waals surface area contributed by atoms with E-state index in [1.165, 1.54) is 38.2 Å². The first-order valence-corrected chi connectivity index (χ1v) is 8.39. The Bertz CT molecular complexity index is 481. The number of halogens is 2. The maximum Gasteiger partial charge on any atom is 0.173 e. The number of rotatable bonds is 4. The Morgan fingerprint density at radius 3 is 2.76 bits per heavy atom. The van der Waals surface area contributed by atoms with E-state index in [1.807, 2.05) is 0 Å². The summed E-state index contributed by atoms with van der Waals surface area (Å²) in [7, 11) is 0. The average molecular weight is 312 g/mol. The summed E-state index contributed by atoms with van der Waals surface area (Å²) in [6.45, 7) is 3.11. The van der Waals surface area contributed by atoms with E-state index in [0.29, 0.717) is 11.1 Å². The molecule has 0 saturated heterocycles. The van der Waals surface area contributed by atoms with Crippen molar-refractivity contribution in [1.29, 1.82) is 0 Å². The lowest BCUT2D eigenvalue weighted by molar-refractivity contribution is -0.103. The maximum absolute atomic E-state index is 13.9. The van der Waals surface area contributed by atoms with E-state index in [0.717, 1.165) is 13.0 Å². The third-order valence-corrected chi connectivity index (χ3v) is 5.50. The summed E-state index contributed by atoms with van der Waals surface area (Å²) < 4.78 is 20.0. The van der Waals surface area contributed by atoms with Gasteiger partial charge in [0.1, 0.15) is 6.10 Å². The first kappa shape index (κ1) is 15.1. The van der Waals surface area contributed by atoms with Gasteiger partial charge in [0.2, 0.25) is 0 Å². The topological polar surface area (TPSA) is 21.3 Å². The van der Waals surface area contributed by atoms with Crippen LogP contribution in [0.2, 0.25) is 5.02 Å². The lowest BCUT2D eigenvalue weighted by atomic mass is 9.55. The van der Waals surface area contributed by atoms with Gasteiger partial charge in [0.25, 0.3) is 0 Å². The quantitative estimate of drug-likeness (QED) is 0.880. The van der Waals surface area contributed by atoms with Crippen LogP contribution in [0.1, 0.15) is 45.4 Å². The Balaban J connectivity index is 1.79. The number of hydrogen-bond acceptors (Lipinski definition) is 2. The van der Waals surface area contributed by atoms with Crippen molar-refractivity contribution in [3.63, 3.8) is 0 Å². The van der Waals surface area contributed by atoms with Gasteiger partial charge in [-0.2, -0.15) is 0 Å². The summed E-state index contributed by atoms with van der Waals surface area (Å²) >= 11 is 6.10. The Labute approximate surface area is 131 Å². The van der Waals surface area contributed by atoms with Gasteiger partial charge in [-0.15, -0.1) is 0 Å². The van der Waals surface area contributed by atoms with Crippen LogP contribution in [0.25, 0.3) is 0 Å². The second-order valence-corrected chi connectivity index (χ2v) is 6.70. The third-order valence-electron chi connectivity index (χ3n) is 5.20. The highest BCUT2D eigenvalue weighted by atomic mass is 35.5. The number of ether oxygens (including phenoxy) is 1. The summed E-state index contributed by atoms with van der Waals surface area (Å²) in [5.74, 6) is -0.135. The Morgan fingerprint density at radius 1 is 1.33 bits per heavy atom. The van der Waals surface area contributed by atoms with Gasteiger partial charge < -0.3 is 10.1 Å². The highest BCUT2D eigenvalue weighted by Gasteiger charge is 2.56. The van der Waals surface area contributed by atoms with Gasteiger partial charge in [0.15, 0.2) is 11.6 Å². The predicted molar refractivity (Wildman–Crippen MR) is 83.4 cm³/mol. The third kappa shape index (κ3) is 2.66. The highest BCUT2D eigenvalue weighted by molar-refractivity contribution is 6.32. The zero-order valence-electron chi connectivity index (χ0n) is 12.5. The molecular weight excluding hydrogens is 289 g/mol. The van der Waals surface area contributed by atoms with Crippen molar-refractivity contribution in [3.05, 3.63) is 29.0 Å². The van der Waals surface area contributed by atoms with Crippen LogP contribution in [0.5, 0.6) is 5.75 Å². The molecule has 4 heteroatoms. The van der Waals surface area contributed by atoms with Gasteiger partial charge in [-0.25, -0.2) is 4.39 Å². The van der Waals surface area contributed by atoms with E-state index in [2.05, 4.69) is 12.2 Å². The fourth-order valence-electron chi connectivity index (χ4n) is 4.06. The Hall–Kier alpha value is -0.800. The van der Waals surface area contributed by atoms with Gasteiger partial charge in [0.05, 0.1) is 5.02 Å². The second kappa shape index (κ2) is 6.13. The smallest absolute Gasteiger partial charge is 0.173 e. The van der Waals surface area contributed by atoms with Crippen LogP contribution in [-0.4, -0.2) is 18.7 Å². The Kier molecular flexibility index (Phi) is 4.41.